The summed E-state index contributed by atoms with van der Waals surface area (Å²) in [6.45, 7) is 4.21. The summed E-state index contributed by atoms with van der Waals surface area (Å²) in [5.74, 6) is 0. The van der Waals surface area contributed by atoms with Gasteiger partial charge in [-0.15, -0.1) is 11.3 Å². The van der Waals surface area contributed by atoms with E-state index in [1.165, 1.54) is 5.69 Å². The van der Waals surface area contributed by atoms with Crippen molar-refractivity contribution >= 4 is 11.3 Å². The van der Waals surface area contributed by atoms with Crippen LogP contribution in [0, 0.1) is 6.92 Å². The summed E-state index contributed by atoms with van der Waals surface area (Å²) in [7, 11) is 0. The van der Waals surface area contributed by atoms with Crippen molar-refractivity contribution in [2.75, 3.05) is 0 Å². The predicted octanol–water partition coefficient (Wildman–Crippen LogP) is 3.23. The maximum absolute atomic E-state index is 10.0. The van der Waals surface area contributed by atoms with E-state index in [0.29, 0.717) is 0 Å². The highest BCUT2D eigenvalue weighted by atomic mass is 32.1. The molecule has 2 atom stereocenters. The Balaban J connectivity index is 1.97. The van der Waals surface area contributed by atoms with Crippen LogP contribution >= 0.6 is 11.3 Å². The first-order valence-corrected chi connectivity index (χ1v) is 7.34. The molecule has 0 saturated heterocycles. The molecule has 0 aromatic carbocycles. The molecule has 2 unspecified atom stereocenters. The number of aryl methyl sites for hydroxylation is 1. The molecular weight excluding hydrogens is 244 g/mol. The van der Waals surface area contributed by atoms with Crippen molar-refractivity contribution in [3.63, 3.8) is 0 Å². The molecule has 3 nitrogen and oxygen atoms in total. The Hall–Kier alpha value is -1.13. The average Bonchev–Trinajstić information content (AvgIpc) is 2.95. The molecule has 0 aliphatic heterocycles. The van der Waals surface area contributed by atoms with E-state index in [-0.39, 0.29) is 12.1 Å². The number of fused-ring (bicyclic) bond motifs is 1. The van der Waals surface area contributed by atoms with Gasteiger partial charge in [0.05, 0.1) is 12.1 Å². The highest BCUT2D eigenvalue weighted by Crippen LogP contribution is 2.33. The molecule has 18 heavy (non-hydrogen) atoms. The Morgan fingerprint density at radius 2 is 2.39 bits per heavy atom. The third-order valence-corrected chi connectivity index (χ3v) is 4.85. The lowest BCUT2D eigenvalue weighted by molar-refractivity contribution is 0.155. The van der Waals surface area contributed by atoms with Gasteiger partial charge >= 0.3 is 0 Å². The molecule has 3 rings (SSSR count). The molecule has 0 saturated carbocycles. The summed E-state index contributed by atoms with van der Waals surface area (Å²) < 4.78 is 2.27. The number of aliphatic hydroxyl groups excluding tert-OH is 1. The highest BCUT2D eigenvalue weighted by molar-refractivity contribution is 7.09. The molecule has 2 heterocycles. The molecule has 0 radical (unpaired) electrons. The Morgan fingerprint density at radius 3 is 3.11 bits per heavy atom. The number of nitrogens with zero attached hydrogens (tertiary/aromatic N) is 2. The summed E-state index contributed by atoms with van der Waals surface area (Å²) >= 11 is 1.71. The Kier molecular flexibility index (Phi) is 2.99. The monoisotopic (exact) mass is 262 g/mol. The van der Waals surface area contributed by atoms with Crippen LogP contribution < -0.4 is 0 Å². The molecule has 0 bridgehead atoms. The zero-order chi connectivity index (χ0) is 12.7. The molecule has 0 amide bonds. The third kappa shape index (κ3) is 1.89. The number of hydrogen-bond donors (Lipinski definition) is 1. The zero-order valence-electron chi connectivity index (χ0n) is 10.8. The van der Waals surface area contributed by atoms with Gasteiger partial charge in [-0.3, -0.25) is 0 Å². The topological polar surface area (TPSA) is 38.0 Å². The van der Waals surface area contributed by atoms with Gasteiger partial charge in [-0.25, -0.2) is 4.98 Å². The SMILES string of the molecule is Cc1csc(C(C)n2ccc3c2CCCC3O)n1. The minimum absolute atomic E-state index is 0.262. The maximum Gasteiger partial charge on any atom is 0.115 e. The largest absolute Gasteiger partial charge is 0.388 e. The summed E-state index contributed by atoms with van der Waals surface area (Å²) in [5, 5.41) is 13.2. The zero-order valence-corrected chi connectivity index (χ0v) is 11.6. The number of hydrogen-bond acceptors (Lipinski definition) is 3. The lowest BCUT2D eigenvalue weighted by atomic mass is 9.95. The first kappa shape index (κ1) is 11.9. The van der Waals surface area contributed by atoms with Gasteiger partial charge in [0.25, 0.3) is 0 Å². The van der Waals surface area contributed by atoms with Gasteiger partial charge < -0.3 is 9.67 Å². The molecule has 1 aliphatic carbocycles. The Bertz CT molecular complexity index is 558. The molecule has 1 N–H and O–H groups in total. The van der Waals surface area contributed by atoms with Crippen LogP contribution in [0.3, 0.4) is 0 Å². The van der Waals surface area contributed by atoms with Crippen LogP contribution in [-0.2, 0) is 6.42 Å². The molecule has 2 aromatic rings. The van der Waals surface area contributed by atoms with Crippen molar-refractivity contribution < 1.29 is 5.11 Å². The van der Waals surface area contributed by atoms with Crippen LogP contribution in [0.4, 0.5) is 0 Å². The van der Waals surface area contributed by atoms with E-state index >= 15 is 0 Å². The molecule has 4 heteroatoms. The van der Waals surface area contributed by atoms with Gasteiger partial charge in [0, 0.05) is 28.5 Å². The predicted molar refractivity (Wildman–Crippen MR) is 73.0 cm³/mol. The maximum atomic E-state index is 10.0. The molecule has 0 spiro atoms. The Morgan fingerprint density at radius 1 is 1.56 bits per heavy atom. The van der Waals surface area contributed by atoms with Crippen LogP contribution in [0.5, 0.6) is 0 Å². The molecule has 1 aliphatic rings. The van der Waals surface area contributed by atoms with Gasteiger partial charge in [0.15, 0.2) is 0 Å². The van der Waals surface area contributed by atoms with E-state index in [2.05, 4.69) is 34.1 Å². The van der Waals surface area contributed by atoms with E-state index in [9.17, 15) is 5.11 Å². The molecule has 2 aromatic heterocycles. The number of aromatic nitrogens is 2. The van der Waals surface area contributed by atoms with Crippen molar-refractivity contribution in [2.45, 2.75) is 45.3 Å². The van der Waals surface area contributed by atoms with Crippen molar-refractivity contribution in [3.05, 3.63) is 39.6 Å². The van der Waals surface area contributed by atoms with Gasteiger partial charge in [0.2, 0.25) is 0 Å². The van der Waals surface area contributed by atoms with Crippen LogP contribution in [0.2, 0.25) is 0 Å². The van der Waals surface area contributed by atoms with Crippen molar-refractivity contribution in [3.8, 4) is 0 Å². The fourth-order valence-electron chi connectivity index (χ4n) is 2.74. The fourth-order valence-corrected chi connectivity index (χ4v) is 3.59. The van der Waals surface area contributed by atoms with Crippen LogP contribution in [-0.4, -0.2) is 14.7 Å². The van der Waals surface area contributed by atoms with Crippen molar-refractivity contribution in [1.29, 1.82) is 0 Å². The van der Waals surface area contributed by atoms with E-state index in [1.54, 1.807) is 11.3 Å². The van der Waals surface area contributed by atoms with Crippen LogP contribution in [0.15, 0.2) is 17.6 Å². The summed E-state index contributed by atoms with van der Waals surface area (Å²) in [6, 6.07) is 2.33. The first-order chi connectivity index (χ1) is 8.66. The standard InChI is InChI=1S/C14H18N2OS/c1-9-8-18-14(15-9)10(2)16-7-6-11-12(16)4-3-5-13(11)17/h6-8,10,13,17H,3-5H2,1-2H3. The second kappa shape index (κ2) is 4.52. The van der Waals surface area contributed by atoms with E-state index in [4.69, 9.17) is 0 Å². The number of aliphatic hydroxyl groups is 1. The van der Waals surface area contributed by atoms with E-state index in [0.717, 1.165) is 35.5 Å². The lowest BCUT2D eigenvalue weighted by Gasteiger charge is -2.22. The Labute approximate surface area is 111 Å². The van der Waals surface area contributed by atoms with Crippen molar-refractivity contribution in [2.24, 2.45) is 0 Å². The molecule has 0 fully saturated rings. The second-order valence-corrected chi connectivity index (χ2v) is 5.93. The molecular formula is C14H18N2OS. The summed E-state index contributed by atoms with van der Waals surface area (Å²) in [5.41, 5.74) is 3.48. The number of rotatable bonds is 2. The summed E-state index contributed by atoms with van der Waals surface area (Å²) in [6.07, 6.45) is 4.85. The highest BCUT2D eigenvalue weighted by Gasteiger charge is 2.24. The second-order valence-electron chi connectivity index (χ2n) is 5.04. The van der Waals surface area contributed by atoms with Gasteiger partial charge in [0.1, 0.15) is 5.01 Å². The van der Waals surface area contributed by atoms with Gasteiger partial charge in [-0.1, -0.05) is 0 Å². The van der Waals surface area contributed by atoms with Crippen LogP contribution in [0.25, 0.3) is 0 Å². The van der Waals surface area contributed by atoms with Crippen LogP contribution in [0.1, 0.15) is 53.9 Å². The minimum atomic E-state index is -0.278. The normalized spacial score (nSPS) is 20.7. The quantitative estimate of drug-likeness (QED) is 0.902. The van der Waals surface area contributed by atoms with Gasteiger partial charge in [-0.05, 0) is 39.2 Å². The molecule has 96 valence electrons. The lowest BCUT2D eigenvalue weighted by Crippen LogP contribution is -2.15. The van der Waals surface area contributed by atoms with Crippen molar-refractivity contribution in [1.82, 2.24) is 9.55 Å². The average molecular weight is 262 g/mol. The van der Waals surface area contributed by atoms with E-state index < -0.39 is 0 Å². The minimum Gasteiger partial charge on any atom is -0.388 e. The number of thiazole rings is 1. The van der Waals surface area contributed by atoms with E-state index in [1.807, 2.05) is 6.92 Å². The third-order valence-electron chi connectivity index (χ3n) is 3.72. The summed E-state index contributed by atoms with van der Waals surface area (Å²) in [4.78, 5) is 4.57. The first-order valence-electron chi connectivity index (χ1n) is 6.46. The fraction of sp³-hybridized carbons (Fsp3) is 0.500. The van der Waals surface area contributed by atoms with Gasteiger partial charge in [-0.2, -0.15) is 0 Å². The smallest absolute Gasteiger partial charge is 0.115 e.